The highest BCUT2D eigenvalue weighted by Gasteiger charge is 2.32. The van der Waals surface area contributed by atoms with Gasteiger partial charge in [-0.3, -0.25) is 0 Å². The molecule has 1 fully saturated rings. The van der Waals surface area contributed by atoms with Gasteiger partial charge in [-0.2, -0.15) is 4.73 Å². The van der Waals surface area contributed by atoms with Crippen LogP contribution >= 0.6 is 11.6 Å². The van der Waals surface area contributed by atoms with Gasteiger partial charge < -0.3 is 19.6 Å². The highest BCUT2D eigenvalue weighted by Crippen LogP contribution is 2.29. The quantitative estimate of drug-likeness (QED) is 0.447. The fourth-order valence-corrected chi connectivity index (χ4v) is 3.62. The highest BCUT2D eigenvalue weighted by atomic mass is 35.5. The minimum absolute atomic E-state index is 0.217. The summed E-state index contributed by atoms with van der Waals surface area (Å²) in [5.74, 6) is 0.872. The topological polar surface area (TPSA) is 74.2 Å². The summed E-state index contributed by atoms with van der Waals surface area (Å²) in [6.07, 6.45) is 2.61. The van der Waals surface area contributed by atoms with E-state index in [1.165, 1.54) is 6.20 Å². The van der Waals surface area contributed by atoms with Crippen molar-refractivity contribution in [3.63, 3.8) is 0 Å². The zero-order valence-electron chi connectivity index (χ0n) is 13.1. The summed E-state index contributed by atoms with van der Waals surface area (Å²) in [5, 5.41) is 23.9. The number of ether oxygens (including phenoxy) is 1. The maximum Gasteiger partial charge on any atom is 0.226 e. The molecule has 0 atom stereocenters. The van der Waals surface area contributed by atoms with Gasteiger partial charge in [-0.1, -0.05) is 12.1 Å². The summed E-state index contributed by atoms with van der Waals surface area (Å²) < 4.78 is 8.14. The number of halogens is 1. The lowest BCUT2D eigenvalue weighted by atomic mass is 9.94. The van der Waals surface area contributed by atoms with Gasteiger partial charge in [0.1, 0.15) is 5.82 Å². The van der Waals surface area contributed by atoms with E-state index >= 15 is 0 Å². The van der Waals surface area contributed by atoms with Gasteiger partial charge in [-0.05, 0) is 6.07 Å². The van der Waals surface area contributed by atoms with Crippen molar-refractivity contribution in [3.05, 3.63) is 41.5 Å². The lowest BCUT2D eigenvalue weighted by molar-refractivity contribution is -0.575. The zero-order valence-corrected chi connectivity index (χ0v) is 13.9. The highest BCUT2D eigenvalue weighted by molar-refractivity contribution is 6.17. The molecule has 1 aromatic carbocycles. The Kier molecular flexibility index (Phi) is 3.83. The second-order valence-corrected chi connectivity index (χ2v) is 6.56. The molecule has 6 nitrogen and oxygen atoms in total. The second kappa shape index (κ2) is 5.88. The van der Waals surface area contributed by atoms with Crippen molar-refractivity contribution in [3.8, 4) is 0 Å². The third-order valence-corrected chi connectivity index (χ3v) is 4.94. The number of benzene rings is 1. The maximum atomic E-state index is 12.2. The minimum atomic E-state index is -0.850. The summed E-state index contributed by atoms with van der Waals surface area (Å²) in [5.41, 5.74) is 1.16. The van der Waals surface area contributed by atoms with Crippen LogP contribution in [0, 0.1) is 5.21 Å². The first kappa shape index (κ1) is 15.6. The van der Waals surface area contributed by atoms with Crippen LogP contribution in [-0.4, -0.2) is 33.5 Å². The summed E-state index contributed by atoms with van der Waals surface area (Å²) in [6.45, 7) is 1.48. The van der Waals surface area contributed by atoms with E-state index in [2.05, 4.69) is 4.98 Å². The lowest BCUT2D eigenvalue weighted by Crippen LogP contribution is -2.40. The molecule has 1 N–H and O–H groups in total. The van der Waals surface area contributed by atoms with Crippen molar-refractivity contribution in [1.29, 1.82) is 0 Å². The number of pyridine rings is 1. The number of hydrogen-bond donors (Lipinski definition) is 1. The Balaban J connectivity index is 1.94. The number of nitrogens with zero attached hydrogens (tertiary/aromatic N) is 3. The molecule has 4 rings (SSSR count). The molecule has 0 unspecified atom stereocenters. The Morgan fingerprint density at radius 1 is 1.33 bits per heavy atom. The molecule has 126 valence electrons. The molecule has 1 aliphatic heterocycles. The maximum absolute atomic E-state index is 12.2. The number of para-hydroxylation sites is 1. The molecule has 0 spiro atoms. The molecule has 0 amide bonds. The number of imidazole rings is 1. The van der Waals surface area contributed by atoms with Crippen LogP contribution in [0.15, 0.2) is 30.5 Å². The largest absolute Gasteiger partial charge is 0.618 e. The smallest absolute Gasteiger partial charge is 0.226 e. The number of aromatic nitrogens is 3. The van der Waals surface area contributed by atoms with Crippen LogP contribution in [0.1, 0.15) is 18.7 Å². The van der Waals surface area contributed by atoms with Crippen LogP contribution < -0.4 is 4.73 Å². The number of fused-ring (bicyclic) bond motifs is 3. The third-order valence-electron chi connectivity index (χ3n) is 4.71. The van der Waals surface area contributed by atoms with Gasteiger partial charge in [0, 0.05) is 32.1 Å². The van der Waals surface area contributed by atoms with E-state index in [1.807, 2.05) is 22.8 Å². The first-order valence-corrected chi connectivity index (χ1v) is 8.51. The van der Waals surface area contributed by atoms with E-state index in [9.17, 15) is 10.3 Å². The van der Waals surface area contributed by atoms with E-state index in [0.29, 0.717) is 49.5 Å². The number of aliphatic hydroxyl groups is 1. The Bertz CT molecular complexity index is 903. The van der Waals surface area contributed by atoms with Crippen LogP contribution in [0.3, 0.4) is 0 Å². The average Bonchev–Trinajstić information content (AvgIpc) is 2.92. The molecule has 0 radical (unpaired) electrons. The van der Waals surface area contributed by atoms with Crippen LogP contribution in [0.25, 0.3) is 21.9 Å². The summed E-state index contributed by atoms with van der Waals surface area (Å²) in [4.78, 5) is 4.51. The van der Waals surface area contributed by atoms with Gasteiger partial charge >= 0.3 is 0 Å². The summed E-state index contributed by atoms with van der Waals surface area (Å²) in [7, 11) is 0. The SMILES string of the molecule is [O-][n+]1cc2nc(CCl)n(CC3(O)CCOCC3)c2c2ccccc21. The minimum Gasteiger partial charge on any atom is -0.618 e. The summed E-state index contributed by atoms with van der Waals surface area (Å²) >= 11 is 6.08. The molecule has 0 bridgehead atoms. The fourth-order valence-electron chi connectivity index (χ4n) is 3.42. The number of hydrogen-bond acceptors (Lipinski definition) is 4. The first-order chi connectivity index (χ1) is 11.6. The molecule has 1 saturated heterocycles. The normalized spacial score (nSPS) is 17.6. The molecule has 0 aliphatic carbocycles. The Morgan fingerprint density at radius 2 is 2.08 bits per heavy atom. The second-order valence-electron chi connectivity index (χ2n) is 6.29. The van der Waals surface area contributed by atoms with E-state index in [0.717, 1.165) is 15.6 Å². The third kappa shape index (κ3) is 2.51. The van der Waals surface area contributed by atoms with Crippen LogP contribution in [0.5, 0.6) is 0 Å². The van der Waals surface area contributed by atoms with Crippen LogP contribution in [-0.2, 0) is 17.2 Å². The van der Waals surface area contributed by atoms with Crippen molar-refractivity contribution in [2.24, 2.45) is 0 Å². The van der Waals surface area contributed by atoms with Gasteiger partial charge in [0.25, 0.3) is 0 Å². The lowest BCUT2D eigenvalue weighted by Gasteiger charge is -2.33. The molecule has 3 heterocycles. The van der Waals surface area contributed by atoms with Crippen molar-refractivity contribution < 1.29 is 14.6 Å². The van der Waals surface area contributed by atoms with Crippen LogP contribution in [0.4, 0.5) is 0 Å². The van der Waals surface area contributed by atoms with Gasteiger partial charge in [0.15, 0.2) is 5.52 Å². The van der Waals surface area contributed by atoms with Crippen molar-refractivity contribution >= 4 is 33.5 Å². The predicted molar refractivity (Wildman–Crippen MR) is 90.8 cm³/mol. The standard InChI is InChI=1S/C17H18ClN3O3/c18-9-15-19-13-10-21(23)14-4-2-1-3-12(14)16(13)20(15)11-17(22)5-7-24-8-6-17/h1-4,10,22H,5-9,11H2. The number of rotatable bonds is 3. The zero-order chi connectivity index (χ0) is 16.7. The van der Waals surface area contributed by atoms with Crippen molar-refractivity contribution in [1.82, 2.24) is 9.55 Å². The van der Waals surface area contributed by atoms with E-state index in [1.54, 1.807) is 6.07 Å². The van der Waals surface area contributed by atoms with Gasteiger partial charge in [0.2, 0.25) is 11.7 Å². The predicted octanol–water partition coefficient (Wildman–Crippen LogP) is 2.10. The Labute approximate surface area is 143 Å². The Hall–Kier alpha value is -1.89. The first-order valence-electron chi connectivity index (χ1n) is 7.97. The van der Waals surface area contributed by atoms with Crippen molar-refractivity contribution in [2.75, 3.05) is 13.2 Å². The molecule has 1 aliphatic rings. The summed E-state index contributed by atoms with van der Waals surface area (Å²) in [6, 6.07) is 7.40. The molecular weight excluding hydrogens is 330 g/mol. The van der Waals surface area contributed by atoms with Crippen molar-refractivity contribution in [2.45, 2.75) is 30.9 Å². The average molecular weight is 348 g/mol. The Morgan fingerprint density at radius 3 is 2.83 bits per heavy atom. The molecule has 3 aromatic rings. The van der Waals surface area contributed by atoms with E-state index < -0.39 is 5.60 Å². The molecule has 7 heteroatoms. The van der Waals surface area contributed by atoms with E-state index in [4.69, 9.17) is 16.3 Å². The molecule has 0 saturated carbocycles. The monoisotopic (exact) mass is 347 g/mol. The fraction of sp³-hybridized carbons (Fsp3) is 0.412. The molecule has 24 heavy (non-hydrogen) atoms. The van der Waals surface area contributed by atoms with Gasteiger partial charge in [-0.15, -0.1) is 11.6 Å². The van der Waals surface area contributed by atoms with Gasteiger partial charge in [0.05, 0.1) is 28.9 Å². The molecule has 2 aromatic heterocycles. The van der Waals surface area contributed by atoms with E-state index in [-0.39, 0.29) is 5.88 Å². The van der Waals surface area contributed by atoms with Crippen LogP contribution in [0.2, 0.25) is 0 Å². The van der Waals surface area contributed by atoms with Gasteiger partial charge in [-0.25, -0.2) is 4.98 Å². The number of alkyl halides is 1. The molecular formula is C17H18ClN3O3.